The summed E-state index contributed by atoms with van der Waals surface area (Å²) in [7, 11) is 0. The number of fused-ring (bicyclic) bond motifs is 7. The number of ether oxygens (including phenoxy) is 14. The van der Waals surface area contributed by atoms with Crippen LogP contribution in [0.3, 0.4) is 0 Å². The Morgan fingerprint density at radius 2 is 0.982 bits per heavy atom. The second kappa shape index (κ2) is 33.8. The average Bonchev–Trinajstić information content (AvgIpc) is 0.669. The number of hydrogen-bond acceptors (Lipinski definition) is 34. The minimum Gasteiger partial charge on any atom is -0.462 e. The first kappa shape index (κ1) is 87.5. The summed E-state index contributed by atoms with van der Waals surface area (Å²) in [6.45, 7) is 22.8. The number of carbonyl (C=O) groups excluding carboxylic acids is 5. The zero-order chi connectivity index (χ0) is 80.6. The van der Waals surface area contributed by atoms with Crippen molar-refractivity contribution in [2.75, 3.05) is 13.2 Å². The molecule has 0 aromatic rings. The maximum Gasteiger partial charge on any atom is 0.317 e. The van der Waals surface area contributed by atoms with E-state index >= 15 is 4.79 Å². The van der Waals surface area contributed by atoms with E-state index in [-0.39, 0.29) is 43.9 Å². The first-order valence-electron chi connectivity index (χ1n) is 38.5. The average molecular weight is 1570 g/mol. The van der Waals surface area contributed by atoms with Crippen molar-refractivity contribution in [3.8, 4) is 0 Å². The monoisotopic (exact) mass is 1560 g/mol. The maximum atomic E-state index is 16.0. The Kier molecular flexibility index (Phi) is 27.1. The van der Waals surface area contributed by atoms with Gasteiger partial charge in [-0.3, -0.25) is 24.0 Å². The van der Waals surface area contributed by atoms with Crippen molar-refractivity contribution < 1.29 is 167 Å². The van der Waals surface area contributed by atoms with Crippen molar-refractivity contribution in [2.45, 2.75) is 364 Å². The molecule has 5 saturated heterocycles. The fraction of sp³-hybridized carbons (Fsp3) is 0.907. The quantitative estimate of drug-likeness (QED) is 0.0246. The number of esters is 5. The fourth-order valence-electron chi connectivity index (χ4n) is 20.0. The van der Waals surface area contributed by atoms with Gasteiger partial charge in [0, 0.05) is 5.41 Å². The predicted molar refractivity (Wildman–Crippen MR) is 369 cm³/mol. The van der Waals surface area contributed by atoms with Crippen LogP contribution in [-0.4, -0.2) is 310 Å². The Bertz CT molecular complexity index is 3200. The van der Waals surface area contributed by atoms with E-state index in [1.165, 1.54) is 55.4 Å². The van der Waals surface area contributed by atoms with Gasteiger partial charge in [-0.05, 0) is 146 Å². The third-order valence-electron chi connectivity index (χ3n) is 26.2. The van der Waals surface area contributed by atoms with Crippen LogP contribution in [0, 0.1) is 50.2 Å². The third kappa shape index (κ3) is 17.1. The van der Waals surface area contributed by atoms with E-state index in [1.54, 1.807) is 0 Å². The molecule has 109 heavy (non-hydrogen) atoms. The van der Waals surface area contributed by atoms with E-state index in [2.05, 4.69) is 40.7 Å². The van der Waals surface area contributed by atoms with Crippen molar-refractivity contribution >= 4 is 29.8 Å². The lowest BCUT2D eigenvalue weighted by molar-refractivity contribution is -0.380. The molecule has 0 aromatic carbocycles. The highest BCUT2D eigenvalue weighted by molar-refractivity contribution is 5.80. The second-order valence-corrected chi connectivity index (χ2v) is 34.7. The van der Waals surface area contributed by atoms with Gasteiger partial charge >= 0.3 is 29.8 Å². The molecule has 0 spiro atoms. The molecule has 624 valence electrons. The molecule has 4 saturated carbocycles. The van der Waals surface area contributed by atoms with Crippen LogP contribution >= 0.6 is 0 Å². The summed E-state index contributed by atoms with van der Waals surface area (Å²) in [5.74, 6) is -5.57. The fourth-order valence-corrected chi connectivity index (χ4v) is 20.0. The first-order chi connectivity index (χ1) is 50.8. The van der Waals surface area contributed by atoms with Gasteiger partial charge in [0.15, 0.2) is 37.4 Å². The molecule has 0 bridgehead atoms. The minimum atomic E-state index is -2.13. The van der Waals surface area contributed by atoms with E-state index in [4.69, 9.17) is 66.3 Å². The van der Waals surface area contributed by atoms with E-state index < -0.39 is 284 Å². The van der Waals surface area contributed by atoms with Gasteiger partial charge in [-0.1, -0.05) is 53.2 Å². The van der Waals surface area contributed by atoms with Crippen LogP contribution in [0.2, 0.25) is 0 Å². The molecule has 5 aliphatic heterocycles. The normalized spacial score (nSPS) is 48.0. The van der Waals surface area contributed by atoms with Crippen LogP contribution in [-0.2, 0) is 90.3 Å². The highest BCUT2D eigenvalue weighted by atomic mass is 16.8. The Hall–Kier alpha value is -3.87. The van der Waals surface area contributed by atoms with Crippen LogP contribution in [0.4, 0.5) is 0 Å². The molecule has 34 nitrogen and oxygen atoms in total. The molecule has 5 heterocycles. The zero-order valence-electron chi connectivity index (χ0n) is 64.6. The summed E-state index contributed by atoms with van der Waals surface area (Å²) in [5.41, 5.74) is -4.45. The summed E-state index contributed by atoms with van der Waals surface area (Å²) in [6, 6.07) is 0. The van der Waals surface area contributed by atoms with Gasteiger partial charge in [0.2, 0.25) is 6.29 Å². The summed E-state index contributed by atoms with van der Waals surface area (Å²) in [4.78, 5) is 67.8. The van der Waals surface area contributed by atoms with Crippen LogP contribution < -0.4 is 0 Å². The molecule has 5 aliphatic carbocycles. The molecule has 0 radical (unpaired) electrons. The number of aliphatic hydroxyl groups excluding tert-OH is 15. The summed E-state index contributed by atoms with van der Waals surface area (Å²) >= 11 is 0. The van der Waals surface area contributed by atoms with Crippen molar-refractivity contribution in [1.82, 2.24) is 0 Å². The van der Waals surface area contributed by atoms with E-state index in [0.717, 1.165) is 5.57 Å². The molecule has 15 N–H and O–H groups in total. The van der Waals surface area contributed by atoms with Gasteiger partial charge in [-0.15, -0.1) is 0 Å². The van der Waals surface area contributed by atoms with Gasteiger partial charge in [-0.2, -0.15) is 0 Å². The topological polar surface area (TPSA) is 518 Å². The Morgan fingerprint density at radius 3 is 1.54 bits per heavy atom. The molecule has 34 heteroatoms. The van der Waals surface area contributed by atoms with Crippen LogP contribution in [0.25, 0.3) is 0 Å². The smallest absolute Gasteiger partial charge is 0.317 e. The van der Waals surface area contributed by atoms with Gasteiger partial charge in [0.1, 0.15) is 103 Å². The molecular weight excluding hydrogens is 1440 g/mol. The first-order valence-corrected chi connectivity index (χ1v) is 38.5. The lowest BCUT2D eigenvalue weighted by Crippen LogP contribution is -2.70. The van der Waals surface area contributed by atoms with Crippen LogP contribution in [0.5, 0.6) is 0 Å². The number of allylic oxidation sites excluding steroid dienone is 2. The lowest BCUT2D eigenvalue weighted by Gasteiger charge is -2.72. The van der Waals surface area contributed by atoms with E-state index in [9.17, 15) is 95.8 Å². The van der Waals surface area contributed by atoms with Gasteiger partial charge in [-0.25, -0.2) is 0 Å². The second-order valence-electron chi connectivity index (χ2n) is 34.7. The molecule has 10 rings (SSSR count). The van der Waals surface area contributed by atoms with Gasteiger partial charge in [0.25, 0.3) is 0 Å². The molecule has 0 amide bonds. The van der Waals surface area contributed by atoms with Crippen LogP contribution in [0.1, 0.15) is 174 Å². The number of hydrogen-bond donors (Lipinski definition) is 15. The molecular formula is C75H120O34. The molecule has 10 aliphatic rings. The van der Waals surface area contributed by atoms with Gasteiger partial charge in [0.05, 0.1) is 87.7 Å². The van der Waals surface area contributed by atoms with Crippen molar-refractivity contribution in [1.29, 1.82) is 0 Å². The predicted octanol–water partition coefficient (Wildman–Crippen LogP) is -1.26. The maximum absolute atomic E-state index is 16.0. The SMILES string of the molecule is C[C@H](O)CC(=O)O[C@@H](C)CC(=O)O[C@@H](C)CC(=O)O[C@@H](C)CC(=O)O[C@@H]1[C@H](O)[C@@H](O[C@@H]2O[C@@H](C)[C@H](O[C@@H]3OC[C@@H](O)[C@H](O[C@@H]4O[C@@H](C)[C@H](O)[C@@H](O)[C@H]4O)[C@H]3O)[C@@H](O)[C@H]2O)[C@H](OC(=O)[C@]23CCC(C)(C)C[C@H]2C2=CC[C@@H]4[C@@]5(C)C[C@H](O)[C@H](O[C@@H]6O[C@@H](C)[C@H](O)[C@@H](O)[C@H]6O)[C@@](C)(CO)[C@@H]5CC[C@@]4(C)[C@]2(C)C[C@H]3O)O[C@@H]1C. The molecule has 9 fully saturated rings. The summed E-state index contributed by atoms with van der Waals surface area (Å²) in [5, 5.41) is 169. The van der Waals surface area contributed by atoms with Crippen molar-refractivity contribution in [3.05, 3.63) is 11.6 Å². The zero-order valence-corrected chi connectivity index (χ0v) is 64.6. The Morgan fingerprint density at radius 1 is 0.486 bits per heavy atom. The standard InChI is InChI=1S/C75H120O34/c1-30(77)21-45(81)97-31(2)22-46(82)98-32(3)23-47(83)99-33(4)24-48(84)104-60-37(8)103-68(62(57(60)93)107-66-56(92)53(89)59(36(7)102-66)105-64-58(94)61(41(79)28-96-64)106-65-54(90)51(87)49(85)34(5)100-65)109-69(95)75-20-19-70(9,10)25-39(75)38-15-16-43-71(11)26-40(78)63(108-67-55(91)52(88)50(86)35(6)101-67)72(12,29-76)42(71)17-18-73(43,13)74(38,14)27-44(75)80/h15,30-37,39-44,49-68,76-80,85-94H,16-29H2,1-14H3/t30-,31-,32-,33-,34-,35-,36-,37+,39-,40-,41+,42+,43+,44+,49-,50-,51+,52+,53-,54+,55+,56+,57-,58+,59-,60-,61-,62+,63-,64-,65-,66-,67-,68-,71-,72-,73+,74+,75+/m0/s1. The Labute approximate surface area is 633 Å². The number of carbonyl (C=O) groups is 5. The Balaban J connectivity index is 0.882. The van der Waals surface area contributed by atoms with Gasteiger partial charge < -0.3 is 143 Å². The highest BCUT2D eigenvalue weighted by Crippen LogP contribution is 2.76. The summed E-state index contributed by atoms with van der Waals surface area (Å²) in [6.07, 6.45) is -44.4. The molecule has 0 aromatic heterocycles. The number of aliphatic hydroxyl groups is 15. The summed E-state index contributed by atoms with van der Waals surface area (Å²) < 4.78 is 82.5. The van der Waals surface area contributed by atoms with Crippen molar-refractivity contribution in [3.63, 3.8) is 0 Å². The largest absolute Gasteiger partial charge is 0.462 e. The molecule has 0 unspecified atom stereocenters. The van der Waals surface area contributed by atoms with E-state index in [1.807, 2.05) is 6.92 Å². The van der Waals surface area contributed by atoms with Crippen molar-refractivity contribution in [2.24, 2.45) is 50.2 Å². The molecule has 39 atom stereocenters. The lowest BCUT2D eigenvalue weighted by atomic mass is 9.33. The minimum absolute atomic E-state index is 0.0486. The van der Waals surface area contributed by atoms with Crippen LogP contribution in [0.15, 0.2) is 11.6 Å². The van der Waals surface area contributed by atoms with E-state index in [0.29, 0.717) is 32.1 Å². The number of rotatable bonds is 23. The highest BCUT2D eigenvalue weighted by Gasteiger charge is 2.74. The third-order valence-corrected chi connectivity index (χ3v) is 26.2.